The summed E-state index contributed by atoms with van der Waals surface area (Å²) in [5.41, 5.74) is 0.457. The standard InChI is InChI=1S/C40H41BrClN3O7/c1-3-5-16-32(47)51-24-30(25-12-8-6-9-13-25)43-37(48)33-34-38(49)45(31(23-46)26-14-10-7-11-15-26)36(40(34)22-29(41)35(33)52-40)39(50)44(21-4-2)28-19-17-27(42)18-20-28/h3-4,6-15,17-20,29-31,33-36,46H,1-2,5,16,21-24H2,(H,43,48)/t29?,30-,31-,33+,34-,35+,36+,40-/m1/s1. The van der Waals surface area contributed by atoms with Crippen LogP contribution in [0.2, 0.25) is 5.02 Å². The van der Waals surface area contributed by atoms with Crippen molar-refractivity contribution in [2.24, 2.45) is 11.8 Å². The highest BCUT2D eigenvalue weighted by Gasteiger charge is 2.77. The first-order chi connectivity index (χ1) is 25.1. The first-order valence-corrected chi connectivity index (χ1v) is 18.5. The second kappa shape index (κ2) is 16.2. The number of fused-ring (bicyclic) bond motifs is 1. The number of likely N-dealkylation sites (tertiary alicyclic amines) is 1. The lowest BCUT2D eigenvalue weighted by atomic mass is 9.70. The molecule has 10 nitrogen and oxygen atoms in total. The Morgan fingerprint density at radius 2 is 1.69 bits per heavy atom. The quantitative estimate of drug-likeness (QED) is 0.115. The molecule has 1 unspecified atom stereocenters. The van der Waals surface area contributed by atoms with E-state index in [0.29, 0.717) is 28.3 Å². The fraction of sp³-hybridized carbons (Fsp3) is 0.350. The summed E-state index contributed by atoms with van der Waals surface area (Å²) in [5, 5.41) is 14.4. The molecule has 3 aromatic rings. The summed E-state index contributed by atoms with van der Waals surface area (Å²) in [7, 11) is 0. The van der Waals surface area contributed by atoms with Crippen molar-refractivity contribution in [1.29, 1.82) is 0 Å². The molecule has 2 N–H and O–H groups in total. The van der Waals surface area contributed by atoms with Crippen LogP contribution >= 0.6 is 27.5 Å². The van der Waals surface area contributed by atoms with E-state index in [4.69, 9.17) is 21.1 Å². The van der Waals surface area contributed by atoms with Crippen molar-refractivity contribution in [3.05, 3.63) is 126 Å². The summed E-state index contributed by atoms with van der Waals surface area (Å²) >= 11 is 9.93. The predicted molar refractivity (Wildman–Crippen MR) is 201 cm³/mol. The number of carbonyl (C=O) groups excluding carboxylic acids is 4. The van der Waals surface area contributed by atoms with Gasteiger partial charge < -0.3 is 29.7 Å². The SMILES string of the molecule is C=CCCC(=O)OC[C@@H](NC(=O)[C@@H]1[C@H]2O[C@@]3(CC2Br)[C@H](C(=O)N(CC=C)c2ccc(Cl)cc2)N([C@H](CO)c2ccccc2)C(=O)[C@@H]13)c1ccccc1. The number of hydrogen-bond acceptors (Lipinski definition) is 7. The van der Waals surface area contributed by atoms with Crippen molar-refractivity contribution in [2.75, 3.05) is 24.7 Å². The maximum absolute atomic E-state index is 15.0. The van der Waals surface area contributed by atoms with Gasteiger partial charge in [-0.25, -0.2) is 0 Å². The Morgan fingerprint density at radius 3 is 2.31 bits per heavy atom. The highest BCUT2D eigenvalue weighted by molar-refractivity contribution is 9.09. The van der Waals surface area contributed by atoms with Crippen molar-refractivity contribution in [3.63, 3.8) is 0 Å². The van der Waals surface area contributed by atoms with Crippen LogP contribution in [0.25, 0.3) is 0 Å². The number of aliphatic hydroxyl groups is 1. The molecule has 3 aliphatic heterocycles. The molecule has 3 amide bonds. The van der Waals surface area contributed by atoms with Gasteiger partial charge in [-0.05, 0) is 48.2 Å². The number of amides is 3. The van der Waals surface area contributed by atoms with Crippen LogP contribution in [-0.4, -0.2) is 76.0 Å². The smallest absolute Gasteiger partial charge is 0.306 e. The number of nitrogens with one attached hydrogen (secondary N) is 1. The van der Waals surface area contributed by atoms with Crippen LogP contribution in [0.3, 0.4) is 0 Å². The van der Waals surface area contributed by atoms with E-state index in [1.54, 1.807) is 60.7 Å². The Morgan fingerprint density at radius 1 is 1.04 bits per heavy atom. The van der Waals surface area contributed by atoms with Crippen LogP contribution in [0.15, 0.2) is 110 Å². The number of esters is 1. The molecule has 6 rings (SSSR count). The van der Waals surface area contributed by atoms with E-state index in [0.717, 1.165) is 0 Å². The van der Waals surface area contributed by atoms with Crippen LogP contribution in [0.4, 0.5) is 5.69 Å². The zero-order valence-electron chi connectivity index (χ0n) is 28.5. The molecular weight excluding hydrogens is 750 g/mol. The minimum absolute atomic E-state index is 0.115. The van der Waals surface area contributed by atoms with E-state index in [-0.39, 0.29) is 30.8 Å². The number of ether oxygens (including phenoxy) is 2. The Hall–Kier alpha value is -4.29. The summed E-state index contributed by atoms with van der Waals surface area (Å²) in [5.74, 6) is -3.87. The zero-order chi connectivity index (χ0) is 37.0. The second-order valence-electron chi connectivity index (χ2n) is 13.2. The van der Waals surface area contributed by atoms with Crippen molar-refractivity contribution >= 4 is 56.9 Å². The topological polar surface area (TPSA) is 125 Å². The largest absolute Gasteiger partial charge is 0.463 e. The molecule has 3 aliphatic rings. The van der Waals surface area contributed by atoms with Crippen molar-refractivity contribution in [1.82, 2.24) is 10.2 Å². The van der Waals surface area contributed by atoms with E-state index in [1.165, 1.54) is 9.80 Å². The van der Waals surface area contributed by atoms with E-state index >= 15 is 4.79 Å². The molecule has 3 heterocycles. The lowest BCUT2D eigenvalue weighted by Crippen LogP contribution is -2.57. The van der Waals surface area contributed by atoms with Gasteiger partial charge in [0.2, 0.25) is 11.8 Å². The van der Waals surface area contributed by atoms with Gasteiger partial charge in [-0.2, -0.15) is 0 Å². The average Bonchev–Trinajstić information content (AvgIpc) is 3.76. The summed E-state index contributed by atoms with van der Waals surface area (Å²) in [6.45, 7) is 7.03. The predicted octanol–water partition coefficient (Wildman–Crippen LogP) is 5.71. The van der Waals surface area contributed by atoms with Gasteiger partial charge in [-0.15, -0.1) is 13.2 Å². The molecule has 3 aromatic carbocycles. The van der Waals surface area contributed by atoms with Crippen molar-refractivity contribution in [3.8, 4) is 0 Å². The number of nitrogens with zero attached hydrogens (tertiary/aromatic N) is 2. The summed E-state index contributed by atoms with van der Waals surface area (Å²) < 4.78 is 12.3. The number of alkyl halides is 1. The van der Waals surface area contributed by atoms with Gasteiger partial charge in [0.25, 0.3) is 5.91 Å². The van der Waals surface area contributed by atoms with Crippen LogP contribution in [-0.2, 0) is 28.7 Å². The third kappa shape index (κ3) is 7.07. The Bertz CT molecular complexity index is 1800. The van der Waals surface area contributed by atoms with Crippen molar-refractivity contribution < 1.29 is 33.8 Å². The zero-order valence-corrected chi connectivity index (χ0v) is 30.8. The van der Waals surface area contributed by atoms with Gasteiger partial charge >= 0.3 is 5.97 Å². The number of halogens is 2. The summed E-state index contributed by atoms with van der Waals surface area (Å²) in [6, 6.07) is 22.1. The number of benzene rings is 3. The maximum atomic E-state index is 15.0. The average molecular weight is 791 g/mol. The number of carbonyl (C=O) groups is 4. The first kappa shape index (κ1) is 37.5. The molecule has 272 valence electrons. The van der Waals surface area contributed by atoms with Crippen LogP contribution in [0.1, 0.15) is 42.5 Å². The minimum Gasteiger partial charge on any atom is -0.463 e. The number of hydrogen-bond donors (Lipinski definition) is 2. The van der Waals surface area contributed by atoms with Gasteiger partial charge in [0.15, 0.2) is 0 Å². The molecule has 0 radical (unpaired) electrons. The Balaban J connectivity index is 1.40. The van der Waals surface area contributed by atoms with E-state index in [9.17, 15) is 19.5 Å². The lowest BCUT2D eigenvalue weighted by Gasteiger charge is -2.39. The Labute approximate surface area is 316 Å². The Kier molecular flexibility index (Phi) is 11.6. The van der Waals surface area contributed by atoms with Gasteiger partial charge in [0.1, 0.15) is 18.2 Å². The van der Waals surface area contributed by atoms with Crippen LogP contribution in [0.5, 0.6) is 0 Å². The second-order valence-corrected chi connectivity index (χ2v) is 14.8. The van der Waals surface area contributed by atoms with E-state index in [1.807, 2.05) is 36.4 Å². The molecule has 2 bridgehead atoms. The lowest BCUT2D eigenvalue weighted by molar-refractivity contribution is -0.146. The normalized spacial score (nSPS) is 25.6. The summed E-state index contributed by atoms with van der Waals surface area (Å²) in [6.07, 6.45) is 3.35. The highest BCUT2D eigenvalue weighted by Crippen LogP contribution is 2.61. The first-order valence-electron chi connectivity index (χ1n) is 17.2. The molecule has 52 heavy (non-hydrogen) atoms. The minimum atomic E-state index is -1.41. The third-order valence-electron chi connectivity index (χ3n) is 10.2. The number of aliphatic hydroxyl groups excluding tert-OH is 1. The molecule has 12 heteroatoms. The molecule has 3 saturated heterocycles. The van der Waals surface area contributed by atoms with Gasteiger partial charge in [0.05, 0.1) is 36.6 Å². The van der Waals surface area contributed by atoms with Crippen LogP contribution < -0.4 is 10.2 Å². The van der Waals surface area contributed by atoms with Gasteiger partial charge in [-0.1, -0.05) is 100 Å². The van der Waals surface area contributed by atoms with E-state index < -0.39 is 72.0 Å². The molecule has 8 atom stereocenters. The number of anilines is 1. The number of allylic oxidation sites excluding steroid dienone is 1. The van der Waals surface area contributed by atoms with Crippen LogP contribution in [0, 0.1) is 11.8 Å². The third-order valence-corrected chi connectivity index (χ3v) is 11.3. The fourth-order valence-electron chi connectivity index (χ4n) is 7.87. The monoisotopic (exact) mass is 789 g/mol. The fourth-order valence-corrected chi connectivity index (χ4v) is 8.94. The molecular formula is C40H41BrClN3O7. The van der Waals surface area contributed by atoms with Crippen molar-refractivity contribution in [2.45, 2.75) is 53.9 Å². The molecule has 0 saturated carbocycles. The summed E-state index contributed by atoms with van der Waals surface area (Å²) in [4.78, 5) is 59.6. The molecule has 1 spiro atoms. The molecule has 0 aliphatic carbocycles. The molecule has 3 fully saturated rings. The maximum Gasteiger partial charge on any atom is 0.306 e. The molecule has 0 aromatic heterocycles. The highest BCUT2D eigenvalue weighted by atomic mass is 79.9. The van der Waals surface area contributed by atoms with E-state index in [2.05, 4.69) is 34.4 Å². The number of rotatable bonds is 15. The van der Waals surface area contributed by atoms with Gasteiger partial charge in [0, 0.05) is 28.5 Å². The van der Waals surface area contributed by atoms with Gasteiger partial charge in [-0.3, -0.25) is 19.2 Å².